The summed E-state index contributed by atoms with van der Waals surface area (Å²) in [5.41, 5.74) is 0. The minimum atomic E-state index is 0.0979. The number of aromatic nitrogens is 1. The molecule has 0 aliphatic carbocycles. The molecule has 90 valence electrons. The van der Waals surface area contributed by atoms with Gasteiger partial charge in [0.05, 0.1) is 6.54 Å². The van der Waals surface area contributed by atoms with Gasteiger partial charge in [0.2, 0.25) is 5.91 Å². The Kier molecular flexibility index (Phi) is 6.03. The molecule has 0 saturated heterocycles. The van der Waals surface area contributed by atoms with Gasteiger partial charge in [-0.15, -0.1) is 11.3 Å². The Morgan fingerprint density at radius 1 is 1.56 bits per heavy atom. The van der Waals surface area contributed by atoms with Crippen molar-refractivity contribution < 1.29 is 4.79 Å². The number of carbonyl (C=O) groups excluding carboxylic acids is 1. The lowest BCUT2D eigenvalue weighted by Crippen LogP contribution is -2.27. The van der Waals surface area contributed by atoms with E-state index in [9.17, 15) is 4.79 Å². The highest BCUT2D eigenvalue weighted by Crippen LogP contribution is 2.02. The summed E-state index contributed by atoms with van der Waals surface area (Å²) >= 11 is 1.56. The zero-order valence-corrected chi connectivity index (χ0v) is 10.6. The summed E-state index contributed by atoms with van der Waals surface area (Å²) in [5, 5.41) is 9.00. The maximum Gasteiger partial charge on any atom is 0.220 e. The third-order valence-electron chi connectivity index (χ3n) is 2.05. The molecule has 1 aromatic rings. The molecule has 1 rings (SSSR count). The van der Waals surface area contributed by atoms with Crippen LogP contribution in [0.2, 0.25) is 0 Å². The average Bonchev–Trinajstić information content (AvgIpc) is 2.74. The number of nitrogens with zero attached hydrogens (tertiary/aromatic N) is 1. The maximum atomic E-state index is 11.4. The number of hydrogen-bond acceptors (Lipinski definition) is 4. The number of thiazole rings is 1. The van der Waals surface area contributed by atoms with Gasteiger partial charge in [0.15, 0.2) is 0 Å². The second-order valence-electron chi connectivity index (χ2n) is 3.91. The number of nitrogens with one attached hydrogen (secondary N) is 2. The van der Waals surface area contributed by atoms with Crippen molar-refractivity contribution >= 4 is 17.2 Å². The molecular formula is C11H19N3OS. The lowest BCUT2D eigenvalue weighted by Gasteiger charge is -2.07. The lowest BCUT2D eigenvalue weighted by atomic mass is 10.2. The highest BCUT2D eigenvalue weighted by Gasteiger charge is 2.02. The third-order valence-corrected chi connectivity index (χ3v) is 2.83. The van der Waals surface area contributed by atoms with Gasteiger partial charge in [-0.3, -0.25) is 4.79 Å². The molecule has 1 heterocycles. The molecule has 1 aromatic heterocycles. The van der Waals surface area contributed by atoms with Crippen LogP contribution in [-0.2, 0) is 11.3 Å². The molecule has 0 unspecified atom stereocenters. The van der Waals surface area contributed by atoms with Gasteiger partial charge in [-0.1, -0.05) is 13.8 Å². The van der Waals surface area contributed by atoms with Crippen LogP contribution in [0, 0.1) is 0 Å². The molecule has 0 bridgehead atoms. The van der Waals surface area contributed by atoms with Crippen LogP contribution in [0.1, 0.15) is 31.7 Å². The van der Waals surface area contributed by atoms with Gasteiger partial charge in [-0.25, -0.2) is 4.98 Å². The Morgan fingerprint density at radius 3 is 3.00 bits per heavy atom. The first kappa shape index (κ1) is 13.1. The largest absolute Gasteiger partial charge is 0.350 e. The summed E-state index contributed by atoms with van der Waals surface area (Å²) in [6, 6.07) is 0.485. The summed E-state index contributed by atoms with van der Waals surface area (Å²) in [7, 11) is 0. The molecule has 4 nitrogen and oxygen atoms in total. The van der Waals surface area contributed by atoms with E-state index in [2.05, 4.69) is 29.5 Å². The van der Waals surface area contributed by atoms with E-state index in [1.165, 1.54) is 0 Å². The maximum absolute atomic E-state index is 11.4. The van der Waals surface area contributed by atoms with Crippen molar-refractivity contribution in [3.05, 3.63) is 16.6 Å². The number of amides is 1. The van der Waals surface area contributed by atoms with Gasteiger partial charge in [-0.05, 0) is 13.0 Å². The Hall–Kier alpha value is -0.940. The normalized spacial score (nSPS) is 10.7. The van der Waals surface area contributed by atoms with Gasteiger partial charge in [-0.2, -0.15) is 0 Å². The molecule has 1 amide bonds. The van der Waals surface area contributed by atoms with Crippen LogP contribution in [0.3, 0.4) is 0 Å². The molecule has 0 saturated carbocycles. The predicted molar refractivity (Wildman–Crippen MR) is 66.3 cm³/mol. The fourth-order valence-corrected chi connectivity index (χ4v) is 1.80. The minimum Gasteiger partial charge on any atom is -0.350 e. The van der Waals surface area contributed by atoms with E-state index in [4.69, 9.17) is 0 Å². The standard InChI is InChI=1S/C11H19N3OS/c1-9(2)12-5-3-4-10(15)14-8-11-13-6-7-16-11/h6-7,9,12H,3-5,8H2,1-2H3,(H,14,15). The molecule has 0 aliphatic rings. The summed E-state index contributed by atoms with van der Waals surface area (Å²) in [4.78, 5) is 15.5. The van der Waals surface area contributed by atoms with Crippen LogP contribution in [-0.4, -0.2) is 23.5 Å². The Morgan fingerprint density at radius 2 is 2.38 bits per heavy atom. The second kappa shape index (κ2) is 7.35. The quantitative estimate of drug-likeness (QED) is 0.712. The molecule has 0 radical (unpaired) electrons. The monoisotopic (exact) mass is 241 g/mol. The second-order valence-corrected chi connectivity index (χ2v) is 4.89. The third kappa shape index (κ3) is 5.82. The van der Waals surface area contributed by atoms with Gasteiger partial charge in [0.25, 0.3) is 0 Å². The summed E-state index contributed by atoms with van der Waals surface area (Å²) in [6.45, 7) is 5.64. The fraction of sp³-hybridized carbons (Fsp3) is 0.636. The van der Waals surface area contributed by atoms with Crippen molar-refractivity contribution in [1.29, 1.82) is 0 Å². The summed E-state index contributed by atoms with van der Waals surface area (Å²) in [5.74, 6) is 0.0979. The molecule has 0 aromatic carbocycles. The lowest BCUT2D eigenvalue weighted by molar-refractivity contribution is -0.121. The topological polar surface area (TPSA) is 54.0 Å². The minimum absolute atomic E-state index is 0.0979. The van der Waals surface area contributed by atoms with E-state index < -0.39 is 0 Å². The van der Waals surface area contributed by atoms with Crippen molar-refractivity contribution in [1.82, 2.24) is 15.6 Å². The van der Waals surface area contributed by atoms with Gasteiger partial charge >= 0.3 is 0 Å². The van der Waals surface area contributed by atoms with Gasteiger partial charge < -0.3 is 10.6 Å². The van der Waals surface area contributed by atoms with Crippen LogP contribution >= 0.6 is 11.3 Å². The van der Waals surface area contributed by atoms with Crippen molar-refractivity contribution in [2.45, 2.75) is 39.3 Å². The van der Waals surface area contributed by atoms with E-state index in [0.29, 0.717) is 19.0 Å². The van der Waals surface area contributed by atoms with Gasteiger partial charge in [0.1, 0.15) is 5.01 Å². The SMILES string of the molecule is CC(C)NCCCC(=O)NCc1nccs1. The van der Waals surface area contributed by atoms with Crippen molar-refractivity contribution in [3.63, 3.8) is 0 Å². The highest BCUT2D eigenvalue weighted by molar-refractivity contribution is 7.09. The van der Waals surface area contributed by atoms with Crippen molar-refractivity contribution in [2.75, 3.05) is 6.54 Å². The molecule has 0 aliphatic heterocycles. The first-order chi connectivity index (χ1) is 7.68. The zero-order valence-electron chi connectivity index (χ0n) is 9.82. The highest BCUT2D eigenvalue weighted by atomic mass is 32.1. The number of rotatable bonds is 7. The molecule has 16 heavy (non-hydrogen) atoms. The van der Waals surface area contributed by atoms with E-state index in [1.807, 2.05) is 5.38 Å². The molecule has 2 N–H and O–H groups in total. The first-order valence-electron chi connectivity index (χ1n) is 5.57. The van der Waals surface area contributed by atoms with Crippen LogP contribution in [0.25, 0.3) is 0 Å². The van der Waals surface area contributed by atoms with Crippen LogP contribution in [0.5, 0.6) is 0 Å². The number of hydrogen-bond donors (Lipinski definition) is 2. The van der Waals surface area contributed by atoms with E-state index in [-0.39, 0.29) is 5.91 Å². The summed E-state index contributed by atoms with van der Waals surface area (Å²) < 4.78 is 0. The van der Waals surface area contributed by atoms with E-state index in [0.717, 1.165) is 18.0 Å². The van der Waals surface area contributed by atoms with Crippen LogP contribution < -0.4 is 10.6 Å². The molecular weight excluding hydrogens is 222 g/mol. The smallest absolute Gasteiger partial charge is 0.220 e. The number of carbonyl (C=O) groups is 1. The molecule has 0 atom stereocenters. The van der Waals surface area contributed by atoms with E-state index >= 15 is 0 Å². The molecule has 0 spiro atoms. The molecule has 0 fully saturated rings. The zero-order chi connectivity index (χ0) is 11.8. The Labute approximate surface area is 100 Å². The average molecular weight is 241 g/mol. The first-order valence-corrected chi connectivity index (χ1v) is 6.45. The Bertz CT molecular complexity index is 298. The predicted octanol–water partition coefficient (Wildman–Crippen LogP) is 1.54. The van der Waals surface area contributed by atoms with Gasteiger partial charge in [0, 0.05) is 24.0 Å². The van der Waals surface area contributed by atoms with Crippen LogP contribution in [0.15, 0.2) is 11.6 Å². The Balaban J connectivity index is 2.03. The van der Waals surface area contributed by atoms with Crippen molar-refractivity contribution in [2.24, 2.45) is 0 Å². The fourth-order valence-electron chi connectivity index (χ4n) is 1.24. The van der Waals surface area contributed by atoms with E-state index in [1.54, 1.807) is 17.5 Å². The van der Waals surface area contributed by atoms with Crippen LogP contribution in [0.4, 0.5) is 0 Å². The molecule has 5 heteroatoms. The summed E-state index contributed by atoms with van der Waals surface area (Å²) in [6.07, 6.45) is 3.20. The van der Waals surface area contributed by atoms with Crippen molar-refractivity contribution in [3.8, 4) is 0 Å².